The molecule has 0 aliphatic heterocycles. The highest BCUT2D eigenvalue weighted by molar-refractivity contribution is 5.60. The molecule has 1 aromatic carbocycles. The minimum Gasteiger partial charge on any atom is -0.324 e. The Morgan fingerprint density at radius 3 is 2.03 bits per heavy atom. The van der Waals surface area contributed by atoms with E-state index in [0.717, 1.165) is 0 Å². The Balaban J connectivity index is 2.62. The van der Waals surface area contributed by atoms with E-state index in [-0.39, 0.29) is 19.0 Å². The lowest BCUT2D eigenvalue weighted by atomic mass is 10.1. The minimum atomic E-state index is -5.24. The number of halogens is 9. The summed E-state index contributed by atoms with van der Waals surface area (Å²) >= 11 is 0. The molecule has 0 bridgehead atoms. The van der Waals surface area contributed by atoms with Gasteiger partial charge in [-0.3, -0.25) is 9.36 Å². The van der Waals surface area contributed by atoms with E-state index in [4.69, 9.17) is 0 Å². The van der Waals surface area contributed by atoms with Crippen molar-refractivity contribution in [3.05, 3.63) is 45.4 Å². The third-order valence-electron chi connectivity index (χ3n) is 3.56. The average Bonchev–Trinajstić information content (AvgIpc) is 2.55. The van der Waals surface area contributed by atoms with Crippen molar-refractivity contribution >= 4 is 11.6 Å². The molecule has 2 rings (SSSR count). The van der Waals surface area contributed by atoms with Gasteiger partial charge in [-0.25, -0.2) is 0 Å². The van der Waals surface area contributed by atoms with Crippen LogP contribution in [0.4, 0.5) is 51.1 Å². The van der Waals surface area contributed by atoms with Gasteiger partial charge in [0.15, 0.2) is 0 Å². The second kappa shape index (κ2) is 7.55. The van der Waals surface area contributed by atoms with Crippen molar-refractivity contribution in [1.82, 2.24) is 14.8 Å². The number of rotatable bonds is 4. The lowest BCUT2D eigenvalue weighted by molar-refractivity contribution is -0.144. The molecule has 0 atom stereocenters. The van der Waals surface area contributed by atoms with Crippen LogP contribution in [0.1, 0.15) is 30.2 Å². The van der Waals surface area contributed by atoms with Crippen LogP contribution >= 0.6 is 0 Å². The van der Waals surface area contributed by atoms with Crippen molar-refractivity contribution in [3.8, 4) is 0 Å². The Labute approximate surface area is 156 Å². The van der Waals surface area contributed by atoms with E-state index in [1.165, 1.54) is 6.92 Å². The molecule has 0 amide bonds. The van der Waals surface area contributed by atoms with E-state index in [2.05, 4.69) is 10.2 Å². The SMILES string of the molecule is CCCn1c(Nc2ccc(C(F)(F)F)cc2C(F)(F)F)nnc(C(F)(F)F)c1=O. The van der Waals surface area contributed by atoms with Crippen molar-refractivity contribution in [2.75, 3.05) is 5.32 Å². The minimum absolute atomic E-state index is 0.108. The molecule has 0 radical (unpaired) electrons. The molecule has 0 aliphatic carbocycles. The lowest BCUT2D eigenvalue weighted by Gasteiger charge is -2.18. The predicted molar refractivity (Wildman–Crippen MR) is 81.3 cm³/mol. The van der Waals surface area contributed by atoms with Crippen molar-refractivity contribution in [2.24, 2.45) is 0 Å². The highest BCUT2D eigenvalue weighted by Crippen LogP contribution is 2.40. The number of hydrogen-bond donors (Lipinski definition) is 1. The maximum atomic E-state index is 13.2. The Morgan fingerprint density at radius 1 is 0.931 bits per heavy atom. The number of anilines is 2. The fourth-order valence-electron chi connectivity index (χ4n) is 2.30. The summed E-state index contributed by atoms with van der Waals surface area (Å²) in [7, 11) is 0. The highest BCUT2D eigenvalue weighted by Gasteiger charge is 2.40. The van der Waals surface area contributed by atoms with Crippen LogP contribution < -0.4 is 10.9 Å². The zero-order chi connectivity index (χ0) is 22.2. The third-order valence-corrected chi connectivity index (χ3v) is 3.56. The van der Waals surface area contributed by atoms with Crippen LogP contribution in [0.15, 0.2) is 23.0 Å². The number of aromatic nitrogens is 3. The monoisotopic (exact) mass is 434 g/mol. The van der Waals surface area contributed by atoms with Gasteiger partial charge in [-0.15, -0.1) is 10.2 Å². The Bertz CT molecular complexity index is 945. The fraction of sp³-hybridized carbons (Fsp3) is 0.400. The predicted octanol–water partition coefficient (Wildman–Crippen LogP) is 4.85. The molecule has 160 valence electrons. The van der Waals surface area contributed by atoms with Gasteiger partial charge in [0.25, 0.3) is 5.56 Å². The first-order chi connectivity index (χ1) is 13.2. The summed E-state index contributed by atoms with van der Waals surface area (Å²) in [5.41, 5.74) is -7.80. The molecular formula is C15H11F9N4O. The first kappa shape index (κ1) is 22.5. The Kier molecular flexibility index (Phi) is 5.86. The summed E-state index contributed by atoms with van der Waals surface area (Å²) in [6, 6.07) is 0.616. The summed E-state index contributed by atoms with van der Waals surface area (Å²) < 4.78 is 117. The van der Waals surface area contributed by atoms with Gasteiger partial charge in [-0.1, -0.05) is 6.92 Å². The third kappa shape index (κ3) is 4.98. The highest BCUT2D eigenvalue weighted by atomic mass is 19.4. The van der Waals surface area contributed by atoms with Crippen molar-refractivity contribution in [3.63, 3.8) is 0 Å². The van der Waals surface area contributed by atoms with E-state index in [1.807, 2.05) is 5.32 Å². The number of hydrogen-bond acceptors (Lipinski definition) is 4. The molecule has 0 saturated heterocycles. The quantitative estimate of drug-likeness (QED) is 0.700. The maximum absolute atomic E-state index is 13.2. The molecule has 0 aliphatic rings. The standard InChI is InChI=1S/C15H11F9N4O/c1-2-5-28-11(29)10(15(22,23)24)26-27-12(28)25-9-4-3-7(13(16,17)18)6-8(9)14(19,20)21/h3-4,6H,2,5H2,1H3,(H,25,27). The van der Waals surface area contributed by atoms with Crippen LogP contribution in [0.25, 0.3) is 0 Å². The molecule has 2 aromatic rings. The Morgan fingerprint density at radius 2 is 1.55 bits per heavy atom. The normalized spacial score (nSPS) is 12.9. The first-order valence-electron chi connectivity index (χ1n) is 7.76. The van der Waals surface area contributed by atoms with E-state index < -0.39 is 52.5 Å². The maximum Gasteiger partial charge on any atom is 0.440 e. The van der Waals surface area contributed by atoms with E-state index in [0.29, 0.717) is 16.7 Å². The summed E-state index contributed by atoms with van der Waals surface area (Å²) in [5.74, 6) is -0.782. The Hall–Kier alpha value is -2.80. The lowest BCUT2D eigenvalue weighted by Crippen LogP contribution is -2.33. The van der Waals surface area contributed by atoms with Gasteiger partial charge in [-0.2, -0.15) is 39.5 Å². The molecule has 5 nitrogen and oxygen atoms in total. The zero-order valence-electron chi connectivity index (χ0n) is 14.3. The van der Waals surface area contributed by atoms with Crippen LogP contribution in [-0.2, 0) is 25.1 Å². The molecule has 1 N–H and O–H groups in total. The summed E-state index contributed by atoms with van der Waals surface area (Å²) in [4.78, 5) is 12.0. The number of nitrogens with one attached hydrogen (secondary N) is 1. The van der Waals surface area contributed by atoms with Crippen molar-refractivity contribution in [1.29, 1.82) is 0 Å². The molecule has 14 heteroatoms. The van der Waals surface area contributed by atoms with E-state index >= 15 is 0 Å². The van der Waals surface area contributed by atoms with E-state index in [9.17, 15) is 44.3 Å². The van der Waals surface area contributed by atoms with Gasteiger partial charge >= 0.3 is 18.5 Å². The zero-order valence-corrected chi connectivity index (χ0v) is 14.3. The molecular weight excluding hydrogens is 423 g/mol. The molecule has 0 saturated carbocycles. The molecule has 0 spiro atoms. The van der Waals surface area contributed by atoms with Gasteiger partial charge in [0.05, 0.1) is 16.8 Å². The average molecular weight is 434 g/mol. The van der Waals surface area contributed by atoms with Crippen LogP contribution in [0.5, 0.6) is 0 Å². The molecule has 1 aromatic heterocycles. The van der Waals surface area contributed by atoms with Crippen LogP contribution in [-0.4, -0.2) is 14.8 Å². The van der Waals surface area contributed by atoms with Crippen molar-refractivity contribution in [2.45, 2.75) is 38.4 Å². The van der Waals surface area contributed by atoms with E-state index in [1.54, 1.807) is 0 Å². The van der Waals surface area contributed by atoms with Gasteiger partial charge < -0.3 is 5.32 Å². The van der Waals surface area contributed by atoms with Gasteiger partial charge in [0.1, 0.15) is 0 Å². The van der Waals surface area contributed by atoms with Crippen LogP contribution in [0.2, 0.25) is 0 Å². The molecule has 0 fully saturated rings. The topological polar surface area (TPSA) is 59.8 Å². The molecule has 1 heterocycles. The largest absolute Gasteiger partial charge is 0.440 e. The summed E-state index contributed by atoms with van der Waals surface area (Å²) in [6.45, 7) is 1.12. The second-order valence-corrected chi connectivity index (χ2v) is 5.71. The summed E-state index contributed by atoms with van der Waals surface area (Å²) in [6.07, 6.45) is -15.3. The second-order valence-electron chi connectivity index (χ2n) is 5.71. The molecule has 29 heavy (non-hydrogen) atoms. The summed E-state index contributed by atoms with van der Waals surface area (Å²) in [5, 5.41) is 7.78. The number of nitrogens with zero attached hydrogens (tertiary/aromatic N) is 3. The van der Waals surface area contributed by atoms with Crippen molar-refractivity contribution < 1.29 is 39.5 Å². The van der Waals surface area contributed by atoms with Crippen LogP contribution in [0.3, 0.4) is 0 Å². The fourth-order valence-corrected chi connectivity index (χ4v) is 2.30. The first-order valence-corrected chi connectivity index (χ1v) is 7.76. The molecule has 0 unspecified atom stereocenters. The number of benzene rings is 1. The van der Waals surface area contributed by atoms with Gasteiger partial charge in [0.2, 0.25) is 11.6 Å². The van der Waals surface area contributed by atoms with Gasteiger partial charge in [0, 0.05) is 6.54 Å². The number of alkyl halides is 9. The van der Waals surface area contributed by atoms with Crippen LogP contribution in [0, 0.1) is 0 Å². The smallest absolute Gasteiger partial charge is 0.324 e. The van der Waals surface area contributed by atoms with Gasteiger partial charge in [-0.05, 0) is 24.6 Å².